The van der Waals surface area contributed by atoms with Crippen LogP contribution in [0.3, 0.4) is 0 Å². The van der Waals surface area contributed by atoms with Crippen LogP contribution in [0.15, 0.2) is 53.9 Å². The lowest BCUT2D eigenvalue weighted by Gasteiger charge is -2.14. The van der Waals surface area contributed by atoms with E-state index in [0.29, 0.717) is 22.5 Å². The third-order valence-corrected chi connectivity index (χ3v) is 4.97. The number of nitrogens with zero attached hydrogens (tertiary/aromatic N) is 2. The molecule has 7 heteroatoms. The predicted molar refractivity (Wildman–Crippen MR) is 100.0 cm³/mol. The zero-order valence-corrected chi connectivity index (χ0v) is 15.2. The van der Waals surface area contributed by atoms with Crippen molar-refractivity contribution in [2.45, 2.75) is 13.5 Å². The smallest absolute Gasteiger partial charge is 0.338 e. The highest BCUT2D eigenvalue weighted by molar-refractivity contribution is 7.09. The standard InChI is InChI=1S/C20H14N2O4S/c1-12-21-14(11-27-12)10-26-20(25)13-5-4-6-15(9-13)22-18(23)16-7-2-3-8-17(16)19(22)24/h2-9,11H,10H2,1H3. The van der Waals surface area contributed by atoms with Gasteiger partial charge >= 0.3 is 5.97 Å². The van der Waals surface area contributed by atoms with Gasteiger partial charge in [0.05, 0.1) is 33.1 Å². The van der Waals surface area contributed by atoms with Gasteiger partial charge in [-0.05, 0) is 37.3 Å². The number of aryl methyl sites for hydroxylation is 1. The van der Waals surface area contributed by atoms with Gasteiger partial charge in [-0.2, -0.15) is 0 Å². The number of aromatic nitrogens is 1. The second kappa shape index (κ2) is 6.77. The zero-order valence-electron chi connectivity index (χ0n) is 14.3. The Morgan fingerprint density at radius 2 is 1.78 bits per heavy atom. The van der Waals surface area contributed by atoms with E-state index in [4.69, 9.17) is 4.74 Å². The molecular formula is C20H14N2O4S. The topological polar surface area (TPSA) is 76.6 Å². The van der Waals surface area contributed by atoms with Crippen LogP contribution < -0.4 is 4.90 Å². The van der Waals surface area contributed by atoms with Crippen LogP contribution in [0.25, 0.3) is 0 Å². The van der Waals surface area contributed by atoms with Crippen molar-refractivity contribution in [2.24, 2.45) is 0 Å². The first-order chi connectivity index (χ1) is 13.0. The highest BCUT2D eigenvalue weighted by atomic mass is 32.1. The van der Waals surface area contributed by atoms with E-state index in [1.165, 1.54) is 17.4 Å². The number of carbonyl (C=O) groups is 3. The molecule has 2 amide bonds. The maximum absolute atomic E-state index is 12.6. The number of rotatable bonds is 4. The van der Waals surface area contributed by atoms with Crippen molar-refractivity contribution in [3.8, 4) is 0 Å². The molecule has 0 spiro atoms. The summed E-state index contributed by atoms with van der Waals surface area (Å²) in [6.45, 7) is 1.95. The molecule has 0 N–H and O–H groups in total. The molecule has 0 fully saturated rings. The molecule has 1 aliphatic rings. The monoisotopic (exact) mass is 378 g/mol. The summed E-state index contributed by atoms with van der Waals surface area (Å²) in [6, 6.07) is 12.9. The lowest BCUT2D eigenvalue weighted by atomic mass is 10.1. The molecule has 0 radical (unpaired) electrons. The molecule has 4 rings (SSSR count). The molecule has 0 bridgehead atoms. The minimum absolute atomic E-state index is 0.0699. The minimum Gasteiger partial charge on any atom is -0.456 e. The first-order valence-corrected chi connectivity index (χ1v) is 9.08. The summed E-state index contributed by atoms with van der Waals surface area (Å²) in [5.74, 6) is -1.35. The van der Waals surface area contributed by atoms with Gasteiger partial charge in [0.25, 0.3) is 11.8 Å². The average molecular weight is 378 g/mol. The quantitative estimate of drug-likeness (QED) is 0.512. The number of amides is 2. The van der Waals surface area contributed by atoms with E-state index in [9.17, 15) is 14.4 Å². The maximum atomic E-state index is 12.6. The Labute approximate surface area is 159 Å². The largest absolute Gasteiger partial charge is 0.456 e. The SMILES string of the molecule is Cc1nc(COC(=O)c2cccc(N3C(=O)c4ccccc4C3=O)c2)cs1. The molecule has 2 heterocycles. The van der Waals surface area contributed by atoms with Gasteiger partial charge in [0, 0.05) is 5.38 Å². The van der Waals surface area contributed by atoms with Gasteiger partial charge < -0.3 is 4.74 Å². The Morgan fingerprint density at radius 1 is 1.07 bits per heavy atom. The van der Waals surface area contributed by atoms with E-state index in [-0.39, 0.29) is 12.2 Å². The second-order valence-corrected chi connectivity index (χ2v) is 7.04. The Kier molecular flexibility index (Phi) is 4.29. The number of hydrogen-bond acceptors (Lipinski definition) is 6. The van der Waals surface area contributed by atoms with Gasteiger partial charge in [-0.25, -0.2) is 14.7 Å². The van der Waals surface area contributed by atoms with Gasteiger partial charge in [0.15, 0.2) is 0 Å². The normalized spacial score (nSPS) is 13.0. The third-order valence-electron chi connectivity index (χ3n) is 4.15. The first kappa shape index (κ1) is 17.1. The van der Waals surface area contributed by atoms with Crippen LogP contribution in [0, 0.1) is 6.92 Å². The molecule has 3 aromatic rings. The molecule has 2 aromatic carbocycles. The van der Waals surface area contributed by atoms with Crippen molar-refractivity contribution in [1.29, 1.82) is 0 Å². The lowest BCUT2D eigenvalue weighted by molar-refractivity contribution is 0.0468. The van der Waals surface area contributed by atoms with Crippen molar-refractivity contribution in [2.75, 3.05) is 4.90 Å². The van der Waals surface area contributed by atoms with Gasteiger partial charge in [-0.15, -0.1) is 11.3 Å². The molecule has 0 unspecified atom stereocenters. The van der Waals surface area contributed by atoms with Gasteiger partial charge in [0.2, 0.25) is 0 Å². The highest BCUT2D eigenvalue weighted by Gasteiger charge is 2.36. The van der Waals surface area contributed by atoms with Crippen molar-refractivity contribution < 1.29 is 19.1 Å². The zero-order chi connectivity index (χ0) is 19.0. The Morgan fingerprint density at radius 3 is 2.41 bits per heavy atom. The summed E-state index contributed by atoms with van der Waals surface area (Å²) >= 11 is 1.48. The summed E-state index contributed by atoms with van der Waals surface area (Å²) in [7, 11) is 0. The molecule has 6 nitrogen and oxygen atoms in total. The van der Waals surface area contributed by atoms with Gasteiger partial charge in [-0.3, -0.25) is 9.59 Å². The third kappa shape index (κ3) is 3.13. The van der Waals surface area contributed by atoms with Gasteiger partial charge in [0.1, 0.15) is 6.61 Å². The van der Waals surface area contributed by atoms with Crippen LogP contribution in [0.2, 0.25) is 0 Å². The Bertz CT molecular complexity index is 1040. The maximum Gasteiger partial charge on any atom is 0.338 e. The fourth-order valence-corrected chi connectivity index (χ4v) is 3.49. The molecular weight excluding hydrogens is 364 g/mol. The van der Waals surface area contributed by atoms with E-state index in [1.54, 1.807) is 42.5 Å². The Hall–Kier alpha value is -3.32. The van der Waals surface area contributed by atoms with E-state index in [1.807, 2.05) is 12.3 Å². The fourth-order valence-electron chi connectivity index (χ4n) is 2.89. The average Bonchev–Trinajstić information content (AvgIpc) is 3.21. The minimum atomic E-state index is -0.542. The summed E-state index contributed by atoms with van der Waals surface area (Å²) in [4.78, 5) is 42.8. The molecule has 0 saturated heterocycles. The number of anilines is 1. The lowest BCUT2D eigenvalue weighted by Crippen LogP contribution is -2.29. The number of imide groups is 1. The molecule has 27 heavy (non-hydrogen) atoms. The number of ether oxygens (including phenoxy) is 1. The fraction of sp³-hybridized carbons (Fsp3) is 0.100. The van der Waals surface area contributed by atoms with Crippen molar-refractivity contribution in [1.82, 2.24) is 4.98 Å². The molecule has 1 aliphatic heterocycles. The number of esters is 1. The van der Waals surface area contributed by atoms with E-state index >= 15 is 0 Å². The summed E-state index contributed by atoms with van der Waals surface area (Å²) in [5, 5.41) is 2.73. The number of hydrogen-bond donors (Lipinski definition) is 0. The molecule has 0 atom stereocenters. The predicted octanol–water partition coefficient (Wildman–Crippen LogP) is 3.61. The molecule has 0 saturated carbocycles. The van der Waals surface area contributed by atoms with E-state index in [2.05, 4.69) is 4.98 Å². The number of fused-ring (bicyclic) bond motifs is 1. The van der Waals surface area contributed by atoms with Crippen LogP contribution >= 0.6 is 11.3 Å². The van der Waals surface area contributed by atoms with Crippen LogP contribution in [0.4, 0.5) is 5.69 Å². The number of thiazole rings is 1. The van der Waals surface area contributed by atoms with E-state index in [0.717, 1.165) is 9.91 Å². The van der Waals surface area contributed by atoms with Crippen molar-refractivity contribution in [3.05, 3.63) is 81.3 Å². The van der Waals surface area contributed by atoms with Crippen LogP contribution in [0.1, 0.15) is 41.8 Å². The molecule has 1 aromatic heterocycles. The van der Waals surface area contributed by atoms with Crippen LogP contribution in [-0.2, 0) is 11.3 Å². The summed E-state index contributed by atoms with van der Waals surface area (Å²) < 4.78 is 5.28. The summed E-state index contributed by atoms with van der Waals surface area (Å²) in [5.41, 5.74) is 1.99. The molecule has 134 valence electrons. The Balaban J connectivity index is 1.55. The summed E-state index contributed by atoms with van der Waals surface area (Å²) in [6.07, 6.45) is 0. The second-order valence-electron chi connectivity index (χ2n) is 5.98. The van der Waals surface area contributed by atoms with Crippen LogP contribution in [0.5, 0.6) is 0 Å². The van der Waals surface area contributed by atoms with Gasteiger partial charge in [-0.1, -0.05) is 18.2 Å². The van der Waals surface area contributed by atoms with Crippen LogP contribution in [-0.4, -0.2) is 22.8 Å². The number of carbonyl (C=O) groups excluding carboxylic acids is 3. The number of benzene rings is 2. The first-order valence-electron chi connectivity index (χ1n) is 8.20. The van der Waals surface area contributed by atoms with E-state index < -0.39 is 17.8 Å². The van der Waals surface area contributed by atoms with Crippen molar-refractivity contribution in [3.63, 3.8) is 0 Å². The molecule has 0 aliphatic carbocycles. The highest BCUT2D eigenvalue weighted by Crippen LogP contribution is 2.28. The van der Waals surface area contributed by atoms with Crippen molar-refractivity contribution >= 4 is 34.8 Å².